The van der Waals surface area contributed by atoms with E-state index in [9.17, 15) is 4.79 Å². The van der Waals surface area contributed by atoms with E-state index >= 15 is 0 Å². The van der Waals surface area contributed by atoms with Crippen LogP contribution >= 0.6 is 0 Å². The molecule has 1 N–H and O–H groups in total. The van der Waals surface area contributed by atoms with Crippen LogP contribution in [-0.4, -0.2) is 38.5 Å². The van der Waals surface area contributed by atoms with E-state index in [0.717, 1.165) is 35.6 Å². The lowest BCUT2D eigenvalue weighted by atomic mass is 9.84. The molecular weight excluding hydrogens is 472 g/mol. The van der Waals surface area contributed by atoms with Crippen LogP contribution < -0.4 is 10.2 Å². The normalized spacial score (nSPS) is 17.3. The van der Waals surface area contributed by atoms with Gasteiger partial charge in [0.15, 0.2) is 0 Å². The standard InChI is InChI=1S/C31H34N6O/c1-21-18-37(20-34-21)29-14-26(22-6-4-3-5-7-22)11-27(15-29)35-31(38)24-9-8-23-12-28(13-25(23)10-24)36(2)30-16-32-19-33-17-30/h8-11,14-20,22,28H,3-7,12-13H2,1-2H3,(H,35,38)/t28-/m1/s1. The lowest BCUT2D eigenvalue weighted by Crippen LogP contribution is -2.32. The number of amides is 1. The number of carbonyl (C=O) groups excluding carboxylic acids is 1. The zero-order valence-electron chi connectivity index (χ0n) is 22.1. The van der Waals surface area contributed by atoms with Gasteiger partial charge in [0, 0.05) is 36.2 Å². The number of rotatable bonds is 6. The smallest absolute Gasteiger partial charge is 0.255 e. The van der Waals surface area contributed by atoms with Gasteiger partial charge in [0.25, 0.3) is 5.91 Å². The van der Waals surface area contributed by atoms with E-state index < -0.39 is 0 Å². The largest absolute Gasteiger partial charge is 0.368 e. The van der Waals surface area contributed by atoms with Gasteiger partial charge in [0.05, 0.1) is 30.1 Å². The number of carbonyl (C=O) groups is 1. The Bertz CT molecular complexity index is 1440. The van der Waals surface area contributed by atoms with Gasteiger partial charge in [-0.1, -0.05) is 25.3 Å². The van der Waals surface area contributed by atoms with Gasteiger partial charge >= 0.3 is 0 Å². The molecule has 1 fully saturated rings. The summed E-state index contributed by atoms with van der Waals surface area (Å²) in [5.41, 5.74) is 8.37. The van der Waals surface area contributed by atoms with Gasteiger partial charge in [0.1, 0.15) is 6.33 Å². The molecule has 6 rings (SSSR count). The van der Waals surface area contributed by atoms with Crippen LogP contribution in [0.4, 0.5) is 11.4 Å². The second-order valence-electron chi connectivity index (χ2n) is 10.8. The van der Waals surface area contributed by atoms with Crippen LogP contribution in [0.25, 0.3) is 5.69 Å². The number of fused-ring (bicyclic) bond motifs is 1. The van der Waals surface area contributed by atoms with Crippen molar-refractivity contribution in [3.05, 3.63) is 95.6 Å². The monoisotopic (exact) mass is 506 g/mol. The maximum absolute atomic E-state index is 13.4. The highest BCUT2D eigenvalue weighted by Gasteiger charge is 2.26. The van der Waals surface area contributed by atoms with Crippen molar-refractivity contribution in [3.63, 3.8) is 0 Å². The number of imidazole rings is 1. The van der Waals surface area contributed by atoms with Gasteiger partial charge in [-0.15, -0.1) is 0 Å². The Balaban J connectivity index is 1.22. The third kappa shape index (κ3) is 5.05. The molecule has 1 atom stereocenters. The number of benzene rings is 2. The summed E-state index contributed by atoms with van der Waals surface area (Å²) in [4.78, 5) is 28.4. The van der Waals surface area contributed by atoms with Gasteiger partial charge in [-0.3, -0.25) is 4.79 Å². The molecule has 1 saturated carbocycles. The highest BCUT2D eigenvalue weighted by Crippen LogP contribution is 2.35. The number of hydrogen-bond donors (Lipinski definition) is 1. The molecule has 7 heteroatoms. The van der Waals surface area contributed by atoms with E-state index in [4.69, 9.17) is 0 Å². The van der Waals surface area contributed by atoms with E-state index in [0.29, 0.717) is 17.5 Å². The number of hydrogen-bond acceptors (Lipinski definition) is 5. The molecule has 0 aliphatic heterocycles. The number of aryl methyl sites for hydroxylation is 1. The summed E-state index contributed by atoms with van der Waals surface area (Å²) in [6, 6.07) is 12.9. The lowest BCUT2D eigenvalue weighted by molar-refractivity contribution is 0.102. The summed E-state index contributed by atoms with van der Waals surface area (Å²) >= 11 is 0. The second kappa shape index (κ2) is 10.4. The summed E-state index contributed by atoms with van der Waals surface area (Å²) in [5.74, 6) is 0.461. The fourth-order valence-corrected chi connectivity index (χ4v) is 5.99. The summed E-state index contributed by atoms with van der Waals surface area (Å²) in [6.45, 7) is 1.99. The first-order valence-corrected chi connectivity index (χ1v) is 13.6. The van der Waals surface area contributed by atoms with Crippen LogP contribution in [0.1, 0.15) is 70.8 Å². The molecule has 2 aromatic heterocycles. The van der Waals surface area contributed by atoms with Crippen molar-refractivity contribution in [2.45, 2.75) is 63.8 Å². The number of nitrogens with one attached hydrogen (secondary N) is 1. The van der Waals surface area contributed by atoms with Gasteiger partial charge in [-0.25, -0.2) is 15.0 Å². The Morgan fingerprint density at radius 1 is 1.00 bits per heavy atom. The molecule has 194 valence electrons. The van der Waals surface area contributed by atoms with E-state index in [-0.39, 0.29) is 5.91 Å². The van der Waals surface area contributed by atoms with E-state index in [1.165, 1.54) is 48.8 Å². The molecule has 2 heterocycles. The van der Waals surface area contributed by atoms with Crippen LogP contribution in [0.5, 0.6) is 0 Å². The first-order valence-electron chi connectivity index (χ1n) is 13.6. The molecular formula is C31H34N6O. The minimum atomic E-state index is -0.0744. The van der Waals surface area contributed by atoms with Crippen molar-refractivity contribution in [1.82, 2.24) is 19.5 Å². The molecule has 2 aliphatic rings. The molecule has 1 amide bonds. The molecule has 2 aliphatic carbocycles. The SMILES string of the molecule is Cc1cn(-c2cc(NC(=O)c3ccc4c(c3)C[C@H](N(C)c3cncnc3)C4)cc(C3CCCCC3)c2)cn1. The van der Waals surface area contributed by atoms with Crippen LogP contribution in [-0.2, 0) is 12.8 Å². The predicted molar refractivity (Wildman–Crippen MR) is 150 cm³/mol. The Morgan fingerprint density at radius 3 is 2.55 bits per heavy atom. The first kappa shape index (κ1) is 24.3. The van der Waals surface area contributed by atoms with Crippen molar-refractivity contribution in [2.24, 2.45) is 0 Å². The highest BCUT2D eigenvalue weighted by atomic mass is 16.1. The molecule has 0 bridgehead atoms. The molecule has 2 aromatic carbocycles. The number of anilines is 2. The Morgan fingerprint density at radius 2 is 1.79 bits per heavy atom. The van der Waals surface area contributed by atoms with Crippen LogP contribution in [0, 0.1) is 6.92 Å². The second-order valence-corrected chi connectivity index (χ2v) is 10.8. The highest BCUT2D eigenvalue weighted by molar-refractivity contribution is 6.04. The van der Waals surface area contributed by atoms with E-state index in [2.05, 4.69) is 56.5 Å². The Kier molecular flexibility index (Phi) is 6.66. The van der Waals surface area contributed by atoms with Crippen molar-refractivity contribution in [2.75, 3.05) is 17.3 Å². The number of likely N-dealkylation sites (N-methyl/N-ethyl adjacent to an activating group) is 1. The van der Waals surface area contributed by atoms with Crippen molar-refractivity contribution in [3.8, 4) is 5.69 Å². The summed E-state index contributed by atoms with van der Waals surface area (Å²) in [7, 11) is 2.08. The average molecular weight is 507 g/mol. The van der Waals surface area contributed by atoms with Crippen LogP contribution in [0.3, 0.4) is 0 Å². The van der Waals surface area contributed by atoms with Crippen molar-refractivity contribution < 1.29 is 4.79 Å². The number of aromatic nitrogens is 4. The molecule has 38 heavy (non-hydrogen) atoms. The minimum absolute atomic E-state index is 0.0744. The van der Waals surface area contributed by atoms with Gasteiger partial charge in [-0.05, 0) is 85.5 Å². The Labute approximate surface area is 224 Å². The third-order valence-electron chi connectivity index (χ3n) is 8.17. The van der Waals surface area contributed by atoms with Crippen LogP contribution in [0.15, 0.2) is 67.6 Å². The van der Waals surface area contributed by atoms with E-state index in [1.807, 2.05) is 48.5 Å². The van der Waals surface area contributed by atoms with Gasteiger partial charge in [-0.2, -0.15) is 0 Å². The van der Waals surface area contributed by atoms with E-state index in [1.54, 1.807) is 6.33 Å². The quantitative estimate of drug-likeness (QED) is 0.354. The molecule has 0 spiro atoms. The molecule has 0 radical (unpaired) electrons. The maximum Gasteiger partial charge on any atom is 0.255 e. The fourth-order valence-electron chi connectivity index (χ4n) is 5.99. The summed E-state index contributed by atoms with van der Waals surface area (Å²) in [5, 5.41) is 3.21. The van der Waals surface area contributed by atoms with Gasteiger partial charge in [0.2, 0.25) is 0 Å². The number of nitrogens with zero attached hydrogens (tertiary/aromatic N) is 5. The minimum Gasteiger partial charge on any atom is -0.368 e. The molecule has 0 saturated heterocycles. The molecule has 4 aromatic rings. The maximum atomic E-state index is 13.4. The predicted octanol–water partition coefficient (Wildman–Crippen LogP) is 5.87. The average Bonchev–Trinajstić information content (AvgIpc) is 3.59. The zero-order chi connectivity index (χ0) is 26.1. The van der Waals surface area contributed by atoms with Crippen molar-refractivity contribution >= 4 is 17.3 Å². The molecule has 0 unspecified atom stereocenters. The van der Waals surface area contributed by atoms with Crippen molar-refractivity contribution in [1.29, 1.82) is 0 Å². The van der Waals surface area contributed by atoms with Gasteiger partial charge < -0.3 is 14.8 Å². The first-order chi connectivity index (χ1) is 18.5. The topological polar surface area (TPSA) is 75.9 Å². The lowest BCUT2D eigenvalue weighted by Gasteiger charge is -2.25. The fraction of sp³-hybridized carbons (Fsp3) is 0.355. The Hall–Kier alpha value is -4.00. The third-order valence-corrected chi connectivity index (χ3v) is 8.17. The zero-order valence-corrected chi connectivity index (χ0v) is 22.1. The van der Waals surface area contributed by atoms with Crippen LogP contribution in [0.2, 0.25) is 0 Å². The molecule has 7 nitrogen and oxygen atoms in total. The summed E-state index contributed by atoms with van der Waals surface area (Å²) in [6.07, 6.45) is 17.2. The summed E-state index contributed by atoms with van der Waals surface area (Å²) < 4.78 is 2.04.